The first-order valence-electron chi connectivity index (χ1n) is 5.66. The lowest BCUT2D eigenvalue weighted by Crippen LogP contribution is -1.97. The molecule has 0 amide bonds. The highest BCUT2D eigenvalue weighted by molar-refractivity contribution is 8.01. The Balaban J connectivity index is 2.28. The van der Waals surface area contributed by atoms with E-state index in [1.165, 1.54) is 23.1 Å². The number of carbonyl (C=O) groups is 1. The van der Waals surface area contributed by atoms with Gasteiger partial charge < -0.3 is 14.6 Å². The zero-order valence-electron chi connectivity index (χ0n) is 11.0. The molecule has 0 bridgehead atoms. The molecule has 1 aromatic carbocycles. The van der Waals surface area contributed by atoms with Crippen LogP contribution in [-0.2, 0) is 4.79 Å². The topological polar surface area (TPSA) is 68.7 Å². The molecule has 0 unspecified atom stereocenters. The predicted octanol–water partition coefficient (Wildman–Crippen LogP) is 3.00. The van der Waals surface area contributed by atoms with E-state index < -0.39 is 5.97 Å². The van der Waals surface area contributed by atoms with Crippen molar-refractivity contribution in [3.63, 3.8) is 0 Å². The Kier molecular flexibility index (Phi) is 4.86. The van der Waals surface area contributed by atoms with Gasteiger partial charge in [-0.2, -0.15) is 0 Å². The van der Waals surface area contributed by atoms with Crippen molar-refractivity contribution in [2.24, 2.45) is 0 Å². The van der Waals surface area contributed by atoms with Crippen LogP contribution in [0.4, 0.5) is 0 Å². The summed E-state index contributed by atoms with van der Waals surface area (Å²) in [6, 6.07) is 5.48. The van der Waals surface area contributed by atoms with E-state index in [-0.39, 0.29) is 5.75 Å². The summed E-state index contributed by atoms with van der Waals surface area (Å²) in [5.74, 6) is 0.562. The molecule has 0 saturated carbocycles. The Morgan fingerprint density at radius 1 is 1.40 bits per heavy atom. The van der Waals surface area contributed by atoms with Gasteiger partial charge in [-0.3, -0.25) is 4.79 Å². The summed E-state index contributed by atoms with van der Waals surface area (Å²) in [6.45, 7) is 0. The number of carboxylic acid groups (broad SMARTS) is 1. The number of ether oxygens (including phenoxy) is 2. The summed E-state index contributed by atoms with van der Waals surface area (Å²) in [5.41, 5.74) is 1.57. The lowest BCUT2D eigenvalue weighted by atomic mass is 10.1. The highest BCUT2D eigenvalue weighted by Gasteiger charge is 2.12. The molecule has 0 aliphatic rings. The molecule has 106 valence electrons. The highest BCUT2D eigenvalue weighted by Crippen LogP contribution is 2.35. The minimum absolute atomic E-state index is 0.00218. The normalized spacial score (nSPS) is 10.3. The first-order chi connectivity index (χ1) is 9.63. The Morgan fingerprint density at radius 3 is 2.85 bits per heavy atom. The molecule has 0 aliphatic carbocycles. The molecule has 5 nitrogen and oxygen atoms in total. The van der Waals surface area contributed by atoms with Crippen LogP contribution in [-0.4, -0.2) is 36.0 Å². The quantitative estimate of drug-likeness (QED) is 0.827. The fourth-order valence-corrected chi connectivity index (χ4v) is 3.13. The molecule has 0 aliphatic heterocycles. The van der Waals surface area contributed by atoms with Gasteiger partial charge in [0.15, 0.2) is 4.34 Å². The van der Waals surface area contributed by atoms with E-state index in [9.17, 15) is 4.79 Å². The fourth-order valence-electron chi connectivity index (χ4n) is 1.58. The maximum Gasteiger partial charge on any atom is 0.313 e. The van der Waals surface area contributed by atoms with Gasteiger partial charge in [0.05, 0.1) is 25.7 Å². The molecular formula is C13H13NO4S2. The predicted molar refractivity (Wildman–Crippen MR) is 79.0 cm³/mol. The number of thiazole rings is 1. The van der Waals surface area contributed by atoms with Crippen LogP contribution in [0.15, 0.2) is 27.9 Å². The van der Waals surface area contributed by atoms with E-state index in [0.29, 0.717) is 15.8 Å². The molecule has 1 aromatic heterocycles. The number of hydrogen-bond donors (Lipinski definition) is 1. The standard InChI is InChI=1S/C13H13NO4S2/c1-17-8-3-4-11(18-2)9(5-8)10-6-19-13(14-10)20-7-12(15)16/h3-6H,7H2,1-2H3,(H,15,16). The number of hydrogen-bond acceptors (Lipinski definition) is 6. The van der Waals surface area contributed by atoms with Crippen molar-refractivity contribution in [2.45, 2.75) is 4.34 Å². The Bertz CT molecular complexity index is 612. The number of aromatic nitrogens is 1. The first kappa shape index (κ1) is 14.7. The minimum atomic E-state index is -0.856. The van der Waals surface area contributed by atoms with Gasteiger partial charge in [-0.1, -0.05) is 11.8 Å². The average Bonchev–Trinajstić information content (AvgIpc) is 2.93. The molecule has 0 radical (unpaired) electrons. The summed E-state index contributed by atoms with van der Waals surface area (Å²) in [5, 5.41) is 10.5. The van der Waals surface area contributed by atoms with Gasteiger partial charge >= 0.3 is 5.97 Å². The fraction of sp³-hybridized carbons (Fsp3) is 0.231. The summed E-state index contributed by atoms with van der Waals surface area (Å²) in [7, 11) is 3.19. The monoisotopic (exact) mass is 311 g/mol. The molecule has 7 heteroatoms. The number of nitrogens with zero attached hydrogens (tertiary/aromatic N) is 1. The zero-order chi connectivity index (χ0) is 14.5. The van der Waals surface area contributed by atoms with E-state index >= 15 is 0 Å². The average molecular weight is 311 g/mol. The third-order valence-corrected chi connectivity index (χ3v) is 4.49. The van der Waals surface area contributed by atoms with Gasteiger partial charge in [-0.15, -0.1) is 11.3 Å². The second-order valence-corrected chi connectivity index (χ2v) is 5.83. The number of benzene rings is 1. The van der Waals surface area contributed by atoms with Gasteiger partial charge in [0.25, 0.3) is 0 Å². The van der Waals surface area contributed by atoms with Crippen LogP contribution in [0.3, 0.4) is 0 Å². The SMILES string of the molecule is COc1ccc(OC)c(-c2csc(SCC(=O)O)n2)c1. The first-order valence-corrected chi connectivity index (χ1v) is 7.53. The van der Waals surface area contributed by atoms with Crippen LogP contribution < -0.4 is 9.47 Å². The van der Waals surface area contributed by atoms with Gasteiger partial charge in [0, 0.05) is 10.9 Å². The van der Waals surface area contributed by atoms with Gasteiger partial charge in [-0.05, 0) is 18.2 Å². The molecule has 0 spiro atoms. The van der Waals surface area contributed by atoms with Crippen LogP contribution in [0, 0.1) is 0 Å². The number of carboxylic acids is 1. The molecule has 0 saturated heterocycles. The van der Waals surface area contributed by atoms with Gasteiger partial charge in [0.1, 0.15) is 11.5 Å². The lowest BCUT2D eigenvalue weighted by Gasteiger charge is -2.08. The van der Waals surface area contributed by atoms with Crippen molar-refractivity contribution in [1.29, 1.82) is 0 Å². The maximum atomic E-state index is 10.6. The zero-order valence-corrected chi connectivity index (χ0v) is 12.6. The third-order valence-electron chi connectivity index (χ3n) is 2.48. The van der Waals surface area contributed by atoms with Gasteiger partial charge in [-0.25, -0.2) is 4.98 Å². The molecule has 2 aromatic rings. The van der Waals surface area contributed by atoms with Crippen LogP contribution in [0.25, 0.3) is 11.3 Å². The molecule has 1 N–H and O–H groups in total. The van der Waals surface area contributed by atoms with Crippen LogP contribution in [0.1, 0.15) is 0 Å². The van der Waals surface area contributed by atoms with Crippen molar-refractivity contribution in [3.8, 4) is 22.8 Å². The van der Waals surface area contributed by atoms with Crippen molar-refractivity contribution in [1.82, 2.24) is 4.98 Å². The summed E-state index contributed by atoms with van der Waals surface area (Å²) >= 11 is 2.61. The number of rotatable bonds is 6. The van der Waals surface area contributed by atoms with E-state index in [1.54, 1.807) is 14.2 Å². The largest absolute Gasteiger partial charge is 0.497 e. The second-order valence-electron chi connectivity index (χ2n) is 3.75. The van der Waals surface area contributed by atoms with Crippen molar-refractivity contribution < 1.29 is 19.4 Å². The van der Waals surface area contributed by atoms with Crippen LogP contribution in [0.2, 0.25) is 0 Å². The van der Waals surface area contributed by atoms with Crippen molar-refractivity contribution in [2.75, 3.05) is 20.0 Å². The molecule has 20 heavy (non-hydrogen) atoms. The number of methoxy groups -OCH3 is 2. The van der Waals surface area contributed by atoms with E-state index in [2.05, 4.69) is 4.98 Å². The highest BCUT2D eigenvalue weighted by atomic mass is 32.2. The van der Waals surface area contributed by atoms with E-state index in [0.717, 1.165) is 11.3 Å². The van der Waals surface area contributed by atoms with Crippen LogP contribution in [0.5, 0.6) is 11.5 Å². The van der Waals surface area contributed by atoms with Crippen LogP contribution >= 0.6 is 23.1 Å². The minimum Gasteiger partial charge on any atom is -0.497 e. The van der Waals surface area contributed by atoms with Crippen molar-refractivity contribution >= 4 is 29.1 Å². The van der Waals surface area contributed by atoms with E-state index in [4.69, 9.17) is 14.6 Å². The smallest absolute Gasteiger partial charge is 0.313 e. The van der Waals surface area contributed by atoms with Crippen molar-refractivity contribution in [3.05, 3.63) is 23.6 Å². The summed E-state index contributed by atoms with van der Waals surface area (Å²) < 4.78 is 11.2. The Labute approximate surface area is 124 Å². The molecule has 0 atom stereocenters. The molecule has 2 rings (SSSR count). The summed E-state index contributed by atoms with van der Waals surface area (Å²) in [6.07, 6.45) is 0. The third kappa shape index (κ3) is 3.43. The number of aliphatic carboxylic acids is 1. The van der Waals surface area contributed by atoms with E-state index in [1.807, 2.05) is 23.6 Å². The molecule has 0 fully saturated rings. The Hall–Kier alpha value is -1.73. The van der Waals surface area contributed by atoms with Gasteiger partial charge in [0.2, 0.25) is 0 Å². The number of thioether (sulfide) groups is 1. The molecule has 1 heterocycles. The molecular weight excluding hydrogens is 298 g/mol. The Morgan fingerprint density at radius 2 is 2.20 bits per heavy atom. The lowest BCUT2D eigenvalue weighted by molar-refractivity contribution is -0.133. The summed E-state index contributed by atoms with van der Waals surface area (Å²) in [4.78, 5) is 15.0. The second kappa shape index (κ2) is 6.62. The maximum absolute atomic E-state index is 10.6.